The van der Waals surface area contributed by atoms with E-state index in [0.29, 0.717) is 58.6 Å². The number of benzene rings is 4. The fourth-order valence-electron chi connectivity index (χ4n) is 7.20. The number of aliphatic hydroxyl groups is 2. The van der Waals surface area contributed by atoms with Crippen LogP contribution >= 0.6 is 23.2 Å². The highest BCUT2D eigenvalue weighted by molar-refractivity contribution is 6.48. The number of halogens is 4. The zero-order valence-electron chi connectivity index (χ0n) is 33.7. The molecule has 0 amide bonds. The maximum atomic E-state index is 14.1. The van der Waals surface area contributed by atoms with Crippen molar-refractivity contribution in [3.8, 4) is 22.3 Å². The Morgan fingerprint density at radius 3 is 1.40 bits per heavy atom. The first-order valence-corrected chi connectivity index (χ1v) is 20.2. The van der Waals surface area contributed by atoms with Crippen molar-refractivity contribution in [2.75, 3.05) is 19.8 Å². The van der Waals surface area contributed by atoms with Crippen LogP contribution < -0.4 is 0 Å². The Labute approximate surface area is 351 Å². The summed E-state index contributed by atoms with van der Waals surface area (Å²) in [6.07, 6.45) is 2.70. The van der Waals surface area contributed by atoms with Crippen LogP contribution in [0.3, 0.4) is 0 Å². The first kappa shape index (κ1) is 48.6. The summed E-state index contributed by atoms with van der Waals surface area (Å²) in [6.45, 7) is 6.63. The minimum atomic E-state index is -1.26. The second kappa shape index (κ2) is 22.6. The maximum Gasteiger partial charge on any atom is 0.314 e. The van der Waals surface area contributed by atoms with Crippen molar-refractivity contribution in [1.29, 1.82) is 0 Å². The molecule has 0 fully saturated rings. The lowest BCUT2D eigenvalue weighted by Crippen LogP contribution is -2.36. The van der Waals surface area contributed by atoms with Gasteiger partial charge >= 0.3 is 11.9 Å². The summed E-state index contributed by atoms with van der Waals surface area (Å²) < 4.78 is 33.3. The van der Waals surface area contributed by atoms with E-state index in [2.05, 4.69) is 0 Å². The van der Waals surface area contributed by atoms with Gasteiger partial charge in [-0.2, -0.15) is 0 Å². The highest BCUT2D eigenvalue weighted by Gasteiger charge is 2.38. The molecule has 0 saturated heterocycles. The summed E-state index contributed by atoms with van der Waals surface area (Å²) in [4.78, 5) is 23.9. The normalized spacial score (nSPS) is 14.2. The maximum absolute atomic E-state index is 14.1. The molecule has 4 rings (SSSR count). The molecule has 0 aliphatic rings. The number of carbonyl (C=O) groups is 2. The van der Waals surface area contributed by atoms with Crippen molar-refractivity contribution in [3.63, 3.8) is 0 Å². The molecule has 0 aliphatic heterocycles. The number of carbonyl (C=O) groups excluding carboxylic acids is 1. The Bertz CT molecular complexity index is 1930. The molecule has 4 aromatic rings. The van der Waals surface area contributed by atoms with Crippen molar-refractivity contribution >= 4 is 49.0 Å². The molecule has 58 heavy (non-hydrogen) atoms. The summed E-state index contributed by atoms with van der Waals surface area (Å²) in [7, 11) is 0. The minimum Gasteiger partial charge on any atom is -0.481 e. The van der Waals surface area contributed by atoms with Gasteiger partial charge in [-0.3, -0.25) is 9.59 Å². The zero-order chi connectivity index (χ0) is 43.2. The molecule has 4 aromatic carbocycles. The third kappa shape index (κ3) is 14.5. The van der Waals surface area contributed by atoms with Gasteiger partial charge in [0.1, 0.15) is 11.6 Å². The summed E-state index contributed by atoms with van der Waals surface area (Å²) in [5.74, 6) is -2.36. The van der Waals surface area contributed by atoms with Crippen molar-refractivity contribution in [2.45, 2.75) is 72.7 Å². The molecule has 5 N–H and O–H groups in total. The molecule has 0 spiro atoms. The number of aliphatic carboxylic acids is 1. The minimum absolute atomic E-state index is 0.0414. The number of aliphatic hydroxyl groups excluding tert-OH is 2. The largest absolute Gasteiger partial charge is 0.481 e. The first-order chi connectivity index (χ1) is 27.3. The zero-order valence-corrected chi connectivity index (χ0v) is 35.2. The highest BCUT2D eigenvalue weighted by Crippen LogP contribution is 2.34. The quantitative estimate of drug-likeness (QED) is 0.0465. The average Bonchev–Trinajstić information content (AvgIpc) is 3.17. The van der Waals surface area contributed by atoms with E-state index in [1.807, 2.05) is 36.4 Å². The lowest BCUT2D eigenvalue weighted by Gasteiger charge is -2.30. The molecule has 0 heterocycles. The first-order valence-electron chi connectivity index (χ1n) is 19.4. The number of ether oxygens (including phenoxy) is 1. The SMILES string of the molecule is CB(O)C[C@H](Cc1ccc(-c2cc(Cl)ccc2F)cc1)C[C@@](C)(CO)C(=O)O.CCOC(=O)[C@](C)(CO)C[C@H](CB(C)O)Cc1ccc(-c2cc(Cl)ccc2F)cc1. The van der Waals surface area contributed by atoms with E-state index in [0.717, 1.165) is 16.7 Å². The second-order valence-corrected chi connectivity index (χ2v) is 16.7. The third-order valence-corrected chi connectivity index (χ3v) is 10.7. The van der Waals surface area contributed by atoms with Crippen LogP contribution in [0.25, 0.3) is 22.3 Å². The average molecular weight is 841 g/mol. The molecule has 0 saturated carbocycles. The van der Waals surface area contributed by atoms with Crippen molar-refractivity contribution < 1.29 is 48.5 Å². The van der Waals surface area contributed by atoms with Crippen LogP contribution in [0.5, 0.6) is 0 Å². The van der Waals surface area contributed by atoms with E-state index in [-0.39, 0.29) is 43.1 Å². The van der Waals surface area contributed by atoms with Crippen LogP contribution in [0.1, 0.15) is 44.7 Å². The fraction of sp³-hybridized carbons (Fsp3) is 0.409. The Morgan fingerprint density at radius 1 is 0.690 bits per heavy atom. The van der Waals surface area contributed by atoms with Crippen LogP contribution in [-0.4, -0.2) is 71.0 Å². The lowest BCUT2D eigenvalue weighted by atomic mass is 9.60. The predicted octanol–water partition coefficient (Wildman–Crippen LogP) is 9.26. The van der Waals surface area contributed by atoms with Gasteiger partial charge in [0.15, 0.2) is 0 Å². The Kier molecular flexibility index (Phi) is 18.9. The van der Waals surface area contributed by atoms with Gasteiger partial charge in [-0.05, 0) is 130 Å². The molecule has 0 aliphatic carbocycles. The monoisotopic (exact) mass is 840 g/mol. The van der Waals surface area contributed by atoms with Gasteiger partial charge in [-0.25, -0.2) is 8.78 Å². The van der Waals surface area contributed by atoms with Gasteiger partial charge in [-0.1, -0.05) is 85.4 Å². The molecule has 0 unspecified atom stereocenters. The van der Waals surface area contributed by atoms with Gasteiger partial charge in [-0.15, -0.1) is 0 Å². The molecular formula is C44H54B2Cl2F2O8. The number of carboxylic acids is 1. The summed E-state index contributed by atoms with van der Waals surface area (Å²) in [6, 6.07) is 23.6. The summed E-state index contributed by atoms with van der Waals surface area (Å²) in [5.41, 5.74) is 1.92. The smallest absolute Gasteiger partial charge is 0.314 e. The van der Waals surface area contributed by atoms with E-state index < -0.39 is 43.2 Å². The number of hydrogen-bond donors (Lipinski definition) is 5. The second-order valence-electron chi connectivity index (χ2n) is 15.8. The van der Waals surface area contributed by atoms with Crippen LogP contribution in [-0.2, 0) is 27.2 Å². The Balaban J connectivity index is 0.000000311. The van der Waals surface area contributed by atoms with E-state index in [1.54, 1.807) is 51.8 Å². The highest BCUT2D eigenvalue weighted by atomic mass is 35.5. The van der Waals surface area contributed by atoms with E-state index in [9.17, 15) is 43.7 Å². The number of rotatable bonds is 19. The standard InChI is InChI=1S/C23H29BClFO4.C21H25BClFO4/c1-4-30-22(28)23(2,15-27)13-17(14-24(3)29)11-16-5-7-18(8-6-16)20-12-19(25)9-10-21(20)26;1-21(13-25,20(26)27)11-15(12-22(2)28)9-14-3-5-16(6-4-14)18-10-17(23)7-8-19(18)24/h5-10,12,17,27,29H,4,11,13-15H2,1-3H3;3-8,10,15,25,28H,9,11-13H2,1-2H3,(H,26,27)/t17-,23+;15-,21+/m11/s1. The van der Waals surface area contributed by atoms with Gasteiger partial charge in [0.2, 0.25) is 0 Å². The Hall–Kier alpha value is -3.77. The van der Waals surface area contributed by atoms with E-state index in [1.165, 1.54) is 31.2 Å². The molecule has 0 aromatic heterocycles. The molecule has 312 valence electrons. The topological polar surface area (TPSA) is 145 Å². The summed E-state index contributed by atoms with van der Waals surface area (Å²) in [5, 5.41) is 49.4. The predicted molar refractivity (Wildman–Crippen MR) is 229 cm³/mol. The third-order valence-electron chi connectivity index (χ3n) is 10.2. The van der Waals surface area contributed by atoms with Gasteiger partial charge in [0, 0.05) is 21.2 Å². The van der Waals surface area contributed by atoms with Gasteiger partial charge < -0.3 is 30.1 Å². The van der Waals surface area contributed by atoms with E-state index >= 15 is 0 Å². The van der Waals surface area contributed by atoms with Crippen molar-refractivity contribution in [1.82, 2.24) is 0 Å². The van der Waals surface area contributed by atoms with Gasteiger partial charge in [0.05, 0.1) is 30.7 Å². The lowest BCUT2D eigenvalue weighted by molar-refractivity contribution is -0.158. The molecular weight excluding hydrogens is 787 g/mol. The van der Waals surface area contributed by atoms with E-state index in [4.69, 9.17) is 27.9 Å². The number of esters is 1. The molecule has 14 heteroatoms. The van der Waals surface area contributed by atoms with Gasteiger partial charge in [0.25, 0.3) is 13.8 Å². The molecule has 0 bridgehead atoms. The fourth-order valence-corrected chi connectivity index (χ4v) is 7.54. The summed E-state index contributed by atoms with van der Waals surface area (Å²) >= 11 is 11.9. The molecule has 0 radical (unpaired) electrons. The van der Waals surface area contributed by atoms with Crippen LogP contribution in [0.15, 0.2) is 84.9 Å². The number of hydrogen-bond acceptors (Lipinski definition) is 7. The Morgan fingerprint density at radius 2 is 1.07 bits per heavy atom. The van der Waals surface area contributed by atoms with Crippen LogP contribution in [0.2, 0.25) is 36.3 Å². The molecule has 8 nitrogen and oxygen atoms in total. The van der Waals surface area contributed by atoms with Crippen molar-refractivity contribution in [3.05, 3.63) is 118 Å². The van der Waals surface area contributed by atoms with Crippen LogP contribution in [0.4, 0.5) is 8.78 Å². The van der Waals surface area contributed by atoms with Crippen LogP contribution in [0, 0.1) is 34.3 Å². The van der Waals surface area contributed by atoms with Crippen molar-refractivity contribution in [2.24, 2.45) is 22.7 Å². The molecule has 4 atom stereocenters. The number of carboxylic acid groups (broad SMARTS) is 1.